The minimum atomic E-state index is -3.48. The molecule has 2 aliphatic heterocycles. The van der Waals surface area contributed by atoms with Crippen molar-refractivity contribution in [2.24, 2.45) is 5.92 Å². The Bertz CT molecular complexity index is 715. The molecule has 1 aromatic carbocycles. The average Bonchev–Trinajstić information content (AvgIpc) is 2.97. The third kappa shape index (κ3) is 3.65. The zero-order valence-corrected chi connectivity index (χ0v) is 15.5. The van der Waals surface area contributed by atoms with Gasteiger partial charge in [-0.3, -0.25) is 0 Å². The van der Waals surface area contributed by atoms with Crippen molar-refractivity contribution in [3.05, 3.63) is 30.3 Å². The van der Waals surface area contributed by atoms with E-state index in [1.165, 1.54) is 0 Å². The molecule has 1 unspecified atom stereocenters. The van der Waals surface area contributed by atoms with Gasteiger partial charge in [-0.05, 0) is 30.9 Å². The quantitative estimate of drug-likeness (QED) is 0.846. The van der Waals surface area contributed by atoms with Crippen LogP contribution in [0.1, 0.15) is 12.8 Å². The van der Waals surface area contributed by atoms with E-state index in [-0.39, 0.29) is 22.4 Å². The van der Waals surface area contributed by atoms with E-state index in [1.807, 2.05) is 0 Å². The fourth-order valence-corrected chi connectivity index (χ4v) is 4.68. The number of urea groups is 1. The lowest BCUT2D eigenvalue weighted by Crippen LogP contribution is -2.67. The van der Waals surface area contributed by atoms with Crippen LogP contribution in [0.15, 0.2) is 35.2 Å². The van der Waals surface area contributed by atoms with Crippen LogP contribution in [-0.2, 0) is 14.8 Å². The largest absolute Gasteiger partial charge is 0.371 e. The second-order valence-corrected chi connectivity index (χ2v) is 8.70. The predicted octanol–water partition coefficient (Wildman–Crippen LogP) is 1.13. The van der Waals surface area contributed by atoms with E-state index < -0.39 is 10.0 Å². The number of nitrogens with one attached hydrogen (secondary N) is 1. The summed E-state index contributed by atoms with van der Waals surface area (Å²) in [5.41, 5.74) is -0.302. The lowest BCUT2D eigenvalue weighted by molar-refractivity contribution is -0.117. The van der Waals surface area contributed by atoms with Gasteiger partial charge in [0.25, 0.3) is 0 Å². The van der Waals surface area contributed by atoms with Crippen LogP contribution in [0.2, 0.25) is 0 Å². The van der Waals surface area contributed by atoms with Gasteiger partial charge in [0.1, 0.15) is 5.60 Å². The number of hydrogen-bond acceptors (Lipinski definition) is 4. The number of likely N-dealkylation sites (tertiary alicyclic amines) is 1. The summed E-state index contributed by atoms with van der Waals surface area (Å²) in [5.74, 6) is 0.261. The smallest absolute Gasteiger partial charge is 0.319 e. The maximum absolute atomic E-state index is 12.3. The molecule has 8 heteroatoms. The van der Waals surface area contributed by atoms with Gasteiger partial charge in [0, 0.05) is 27.2 Å². The molecule has 1 atom stereocenters. The topological polar surface area (TPSA) is 79.0 Å². The first kappa shape index (κ1) is 18.2. The van der Waals surface area contributed by atoms with Crippen LogP contribution in [0.25, 0.3) is 0 Å². The molecule has 25 heavy (non-hydrogen) atoms. The zero-order chi connectivity index (χ0) is 18.1. The van der Waals surface area contributed by atoms with Crippen LogP contribution in [0, 0.1) is 5.92 Å². The molecule has 2 fully saturated rings. The van der Waals surface area contributed by atoms with Gasteiger partial charge in [0.15, 0.2) is 0 Å². The Morgan fingerprint density at radius 2 is 2.00 bits per heavy atom. The molecule has 0 saturated carbocycles. The molecule has 138 valence electrons. The van der Waals surface area contributed by atoms with E-state index in [0.717, 1.165) is 6.42 Å². The number of sulfonamides is 1. The van der Waals surface area contributed by atoms with Crippen LogP contribution in [-0.4, -0.2) is 70.2 Å². The highest BCUT2D eigenvalue weighted by Gasteiger charge is 2.54. The van der Waals surface area contributed by atoms with Crippen molar-refractivity contribution in [2.75, 3.05) is 40.3 Å². The number of hydrogen-bond donors (Lipinski definition) is 1. The first-order valence-electron chi connectivity index (χ1n) is 8.49. The first-order valence-corrected chi connectivity index (χ1v) is 9.97. The summed E-state index contributed by atoms with van der Waals surface area (Å²) in [6.45, 7) is 2.20. The third-order valence-corrected chi connectivity index (χ3v) is 6.49. The van der Waals surface area contributed by atoms with Crippen molar-refractivity contribution in [2.45, 2.75) is 23.3 Å². The molecule has 2 saturated heterocycles. The summed E-state index contributed by atoms with van der Waals surface area (Å²) in [6, 6.07) is 8.36. The molecule has 2 aliphatic rings. The summed E-state index contributed by atoms with van der Waals surface area (Å²) >= 11 is 0. The standard InChI is InChI=1S/C17H25N3O4S/c1-19(2)16(21)20-12-17(13-20)14(9-11-24-17)8-10-18-25(22,23)15-6-4-3-5-7-15/h3-7,14,18H,8-13H2,1-2H3. The van der Waals surface area contributed by atoms with Crippen molar-refractivity contribution in [1.82, 2.24) is 14.5 Å². The molecule has 0 aliphatic carbocycles. The Morgan fingerprint density at radius 1 is 1.32 bits per heavy atom. The van der Waals surface area contributed by atoms with Crippen molar-refractivity contribution in [1.29, 1.82) is 0 Å². The van der Waals surface area contributed by atoms with Crippen molar-refractivity contribution in [3.8, 4) is 0 Å². The predicted molar refractivity (Wildman–Crippen MR) is 93.7 cm³/mol. The lowest BCUT2D eigenvalue weighted by Gasteiger charge is -2.50. The van der Waals surface area contributed by atoms with E-state index in [2.05, 4.69) is 4.72 Å². The Kier molecular flexibility index (Phi) is 5.04. The molecule has 1 aromatic rings. The maximum atomic E-state index is 12.3. The molecule has 2 heterocycles. The highest BCUT2D eigenvalue weighted by molar-refractivity contribution is 7.89. The van der Waals surface area contributed by atoms with Gasteiger partial charge < -0.3 is 14.5 Å². The normalized spacial score (nSPS) is 22.0. The average molecular weight is 367 g/mol. The molecule has 2 amide bonds. The zero-order valence-electron chi connectivity index (χ0n) is 14.6. The van der Waals surface area contributed by atoms with Gasteiger partial charge in [-0.25, -0.2) is 17.9 Å². The molecule has 7 nitrogen and oxygen atoms in total. The van der Waals surface area contributed by atoms with Gasteiger partial charge >= 0.3 is 6.03 Å². The van der Waals surface area contributed by atoms with Crippen molar-refractivity contribution >= 4 is 16.1 Å². The Balaban J connectivity index is 1.53. The van der Waals surface area contributed by atoms with Crippen LogP contribution >= 0.6 is 0 Å². The third-order valence-electron chi connectivity index (χ3n) is 5.01. The number of rotatable bonds is 5. The number of carbonyl (C=O) groups is 1. The first-order chi connectivity index (χ1) is 11.8. The fraction of sp³-hybridized carbons (Fsp3) is 0.588. The number of carbonyl (C=O) groups excluding carboxylic acids is 1. The minimum Gasteiger partial charge on any atom is -0.371 e. The van der Waals surface area contributed by atoms with Crippen LogP contribution in [0.4, 0.5) is 4.79 Å². The number of amides is 2. The van der Waals surface area contributed by atoms with Crippen LogP contribution < -0.4 is 4.72 Å². The van der Waals surface area contributed by atoms with Crippen molar-refractivity contribution in [3.63, 3.8) is 0 Å². The monoisotopic (exact) mass is 367 g/mol. The fourth-order valence-electron chi connectivity index (χ4n) is 3.61. The number of nitrogens with zero attached hydrogens (tertiary/aromatic N) is 2. The Labute approximate surface area is 149 Å². The van der Waals surface area contributed by atoms with Crippen LogP contribution in [0.5, 0.6) is 0 Å². The van der Waals surface area contributed by atoms with Gasteiger partial charge in [0.2, 0.25) is 10.0 Å². The molecule has 0 radical (unpaired) electrons. The Morgan fingerprint density at radius 3 is 2.64 bits per heavy atom. The Hall–Kier alpha value is -1.64. The molecule has 1 spiro atoms. The van der Waals surface area contributed by atoms with Gasteiger partial charge in [-0.2, -0.15) is 0 Å². The van der Waals surface area contributed by atoms with Gasteiger partial charge in [-0.15, -0.1) is 0 Å². The minimum absolute atomic E-state index is 0.00958. The van der Waals surface area contributed by atoms with E-state index in [1.54, 1.807) is 54.2 Å². The van der Waals surface area contributed by atoms with Gasteiger partial charge in [0.05, 0.1) is 18.0 Å². The SMILES string of the molecule is CN(C)C(=O)N1CC2(C1)OCCC2CCNS(=O)(=O)c1ccccc1. The lowest BCUT2D eigenvalue weighted by atomic mass is 9.79. The number of benzene rings is 1. The summed E-state index contributed by atoms with van der Waals surface area (Å²) < 4.78 is 33.1. The van der Waals surface area contributed by atoms with E-state index >= 15 is 0 Å². The second kappa shape index (κ2) is 6.93. The molecule has 0 bridgehead atoms. The van der Waals surface area contributed by atoms with E-state index in [9.17, 15) is 13.2 Å². The summed E-state index contributed by atoms with van der Waals surface area (Å²) in [5, 5.41) is 0. The highest BCUT2D eigenvalue weighted by Crippen LogP contribution is 2.41. The number of ether oxygens (including phenoxy) is 1. The molecular formula is C17H25N3O4S. The second-order valence-electron chi connectivity index (χ2n) is 6.93. The molecule has 3 rings (SSSR count). The van der Waals surface area contributed by atoms with E-state index in [0.29, 0.717) is 32.7 Å². The van der Waals surface area contributed by atoms with Gasteiger partial charge in [-0.1, -0.05) is 18.2 Å². The summed E-state index contributed by atoms with van der Waals surface area (Å²) in [4.78, 5) is 15.6. The summed E-state index contributed by atoms with van der Waals surface area (Å²) in [6.07, 6.45) is 1.60. The summed E-state index contributed by atoms with van der Waals surface area (Å²) in [7, 11) is -0.00583. The highest BCUT2D eigenvalue weighted by atomic mass is 32.2. The molecule has 0 aromatic heterocycles. The van der Waals surface area contributed by atoms with Crippen LogP contribution in [0.3, 0.4) is 0 Å². The maximum Gasteiger partial charge on any atom is 0.319 e. The van der Waals surface area contributed by atoms with Crippen molar-refractivity contribution < 1.29 is 17.9 Å². The van der Waals surface area contributed by atoms with E-state index in [4.69, 9.17) is 4.74 Å². The molecular weight excluding hydrogens is 342 g/mol. The molecule has 1 N–H and O–H groups in total.